The molecule has 2 saturated carbocycles. The van der Waals surface area contributed by atoms with Crippen LogP contribution in [0.15, 0.2) is 11.3 Å². The van der Waals surface area contributed by atoms with E-state index in [0.717, 1.165) is 24.5 Å². The van der Waals surface area contributed by atoms with Gasteiger partial charge in [-0.1, -0.05) is 34.1 Å². The average molecular weight is 452 g/mol. The number of aliphatic hydroxyl groups excluding tert-OH is 2. The van der Waals surface area contributed by atoms with Gasteiger partial charge in [0.25, 0.3) is 0 Å². The predicted octanol–water partition coefficient (Wildman–Crippen LogP) is 4.94. The van der Waals surface area contributed by atoms with Crippen molar-refractivity contribution in [2.45, 2.75) is 91.3 Å². The van der Waals surface area contributed by atoms with Crippen molar-refractivity contribution in [3.05, 3.63) is 11.3 Å². The minimum atomic E-state index is -1.33. The normalized spacial score (nSPS) is 33.3. The first kappa shape index (κ1) is 24.6. The summed E-state index contributed by atoms with van der Waals surface area (Å²) in [5.74, 6) is 2.23. The number of likely N-dealkylation sites (tertiary alicyclic amines) is 1. The molecule has 0 aromatic heterocycles. The molecular formula is C25H41NO4S. The molecule has 1 amide bonds. The van der Waals surface area contributed by atoms with Crippen molar-refractivity contribution >= 4 is 23.5 Å². The topological polar surface area (TPSA) is 77.8 Å². The van der Waals surface area contributed by atoms with Gasteiger partial charge in [-0.25, -0.2) is 0 Å². The van der Waals surface area contributed by atoms with Crippen molar-refractivity contribution in [1.82, 2.24) is 4.90 Å². The molecule has 6 atom stereocenters. The van der Waals surface area contributed by atoms with E-state index in [-0.39, 0.29) is 34.4 Å². The molecule has 2 bridgehead atoms. The molecule has 0 aromatic carbocycles. The molecule has 2 aliphatic carbocycles. The molecular weight excluding hydrogens is 410 g/mol. The van der Waals surface area contributed by atoms with Gasteiger partial charge in [-0.05, 0) is 73.2 Å². The number of hydrogen-bond donors (Lipinski definition) is 2. The molecule has 2 N–H and O–H groups in total. The van der Waals surface area contributed by atoms with Crippen LogP contribution in [0.25, 0.3) is 0 Å². The number of thioether (sulfide) groups is 1. The van der Waals surface area contributed by atoms with Gasteiger partial charge in [-0.15, -0.1) is 0 Å². The highest BCUT2D eigenvalue weighted by Crippen LogP contribution is 2.50. The lowest BCUT2D eigenvalue weighted by atomic mass is 9.84. The number of Topliss-reactive ketones (excluding diaryl/α,β-unsaturated/α-hetero) is 1. The zero-order chi connectivity index (χ0) is 22.9. The molecule has 0 aromatic rings. The number of carbonyl (C=O) groups excluding carboxylic acids is 2. The van der Waals surface area contributed by atoms with Crippen LogP contribution in [0.5, 0.6) is 0 Å². The first-order chi connectivity index (χ1) is 14.5. The largest absolute Gasteiger partial charge is 0.512 e. The molecule has 3 aliphatic rings. The second kappa shape index (κ2) is 9.86. The summed E-state index contributed by atoms with van der Waals surface area (Å²) in [5, 5.41) is 22.0. The van der Waals surface area contributed by atoms with Crippen LogP contribution in [-0.4, -0.2) is 51.1 Å². The van der Waals surface area contributed by atoms with Gasteiger partial charge < -0.3 is 15.1 Å². The third-order valence-corrected chi connectivity index (χ3v) is 8.09. The maximum Gasteiger partial charge on any atom is 0.225 e. The molecule has 5 nitrogen and oxygen atoms in total. The standard InChI is InChI=1S/C25H41NO4S/c1-15(14-25(2,3)4)10-21(28)26-19(8-9-31-5)23(29)22(24(26)30)20(27)13-18-12-16-6-7-17(18)11-16/h15-19,24,27,30H,6-14H2,1-5H3/b22-20-. The summed E-state index contributed by atoms with van der Waals surface area (Å²) in [7, 11) is 0. The minimum absolute atomic E-state index is 0.0160. The zero-order valence-electron chi connectivity index (χ0n) is 19.9. The monoisotopic (exact) mass is 451 g/mol. The molecule has 3 rings (SSSR count). The Hall–Kier alpha value is -1.01. The number of rotatable bonds is 8. The Balaban J connectivity index is 1.77. The van der Waals surface area contributed by atoms with E-state index in [2.05, 4.69) is 20.8 Å². The van der Waals surface area contributed by atoms with Gasteiger partial charge in [0, 0.05) is 12.8 Å². The molecule has 6 unspecified atom stereocenters. The molecule has 1 saturated heterocycles. The van der Waals surface area contributed by atoms with Gasteiger partial charge in [0.2, 0.25) is 5.91 Å². The van der Waals surface area contributed by atoms with Crippen molar-refractivity contribution < 1.29 is 19.8 Å². The molecule has 1 heterocycles. The predicted molar refractivity (Wildman–Crippen MR) is 126 cm³/mol. The summed E-state index contributed by atoms with van der Waals surface area (Å²) in [5.41, 5.74) is 0.187. The molecule has 1 aliphatic heterocycles. The second-order valence-electron chi connectivity index (χ2n) is 11.4. The number of hydrogen-bond acceptors (Lipinski definition) is 5. The summed E-state index contributed by atoms with van der Waals surface area (Å²) in [6.45, 7) is 8.50. The third kappa shape index (κ3) is 5.68. The molecule has 6 heteroatoms. The van der Waals surface area contributed by atoms with E-state index in [1.165, 1.54) is 24.2 Å². The summed E-state index contributed by atoms with van der Waals surface area (Å²) in [6, 6.07) is -0.672. The Kier molecular flexibility index (Phi) is 7.83. The van der Waals surface area contributed by atoms with Gasteiger partial charge in [0.05, 0.1) is 11.6 Å². The minimum Gasteiger partial charge on any atom is -0.512 e. The highest BCUT2D eigenvalue weighted by molar-refractivity contribution is 7.98. The Labute approximate surface area is 192 Å². The quantitative estimate of drug-likeness (QED) is 0.404. The number of aliphatic hydroxyl groups is 2. The Bertz CT molecular complexity index is 713. The summed E-state index contributed by atoms with van der Waals surface area (Å²) in [6.07, 6.45) is 7.63. The van der Waals surface area contributed by atoms with E-state index in [0.29, 0.717) is 31.1 Å². The van der Waals surface area contributed by atoms with Crippen molar-refractivity contribution in [3.8, 4) is 0 Å². The summed E-state index contributed by atoms with van der Waals surface area (Å²) < 4.78 is 0. The first-order valence-electron chi connectivity index (χ1n) is 12.0. The fraction of sp³-hybridized carbons (Fsp3) is 0.840. The van der Waals surface area contributed by atoms with Crippen LogP contribution in [0.2, 0.25) is 0 Å². The smallest absolute Gasteiger partial charge is 0.225 e. The fourth-order valence-corrected chi connectivity index (χ4v) is 6.81. The molecule has 3 fully saturated rings. The van der Waals surface area contributed by atoms with Crippen molar-refractivity contribution in [2.75, 3.05) is 12.0 Å². The Morgan fingerprint density at radius 1 is 1.26 bits per heavy atom. The highest BCUT2D eigenvalue weighted by Gasteiger charge is 2.48. The van der Waals surface area contributed by atoms with Gasteiger partial charge >= 0.3 is 0 Å². The number of nitrogens with zero attached hydrogens (tertiary/aromatic N) is 1. The van der Waals surface area contributed by atoms with Crippen LogP contribution in [-0.2, 0) is 9.59 Å². The van der Waals surface area contributed by atoms with E-state index in [1.54, 1.807) is 11.8 Å². The molecule has 0 radical (unpaired) electrons. The fourth-order valence-electron chi connectivity index (χ4n) is 6.35. The molecule has 31 heavy (non-hydrogen) atoms. The van der Waals surface area contributed by atoms with E-state index in [9.17, 15) is 19.8 Å². The number of allylic oxidation sites excluding steroid dienone is 1. The average Bonchev–Trinajstić information content (AvgIpc) is 3.31. The van der Waals surface area contributed by atoms with Gasteiger partial charge in [-0.3, -0.25) is 9.59 Å². The highest BCUT2D eigenvalue weighted by atomic mass is 32.2. The number of ketones is 1. The lowest BCUT2D eigenvalue weighted by Crippen LogP contribution is -2.43. The number of fused-ring (bicyclic) bond motifs is 2. The Morgan fingerprint density at radius 2 is 1.97 bits per heavy atom. The maximum absolute atomic E-state index is 13.2. The van der Waals surface area contributed by atoms with Crippen molar-refractivity contribution in [3.63, 3.8) is 0 Å². The zero-order valence-corrected chi connectivity index (χ0v) is 20.7. The summed E-state index contributed by atoms with van der Waals surface area (Å²) in [4.78, 5) is 27.8. The Morgan fingerprint density at radius 3 is 2.52 bits per heavy atom. The second-order valence-corrected chi connectivity index (χ2v) is 12.4. The van der Waals surface area contributed by atoms with Gasteiger partial charge in [0.1, 0.15) is 5.76 Å². The van der Waals surface area contributed by atoms with Crippen LogP contribution in [0.1, 0.15) is 79.1 Å². The molecule has 176 valence electrons. The van der Waals surface area contributed by atoms with Crippen LogP contribution >= 0.6 is 11.8 Å². The lowest BCUT2D eigenvalue weighted by Gasteiger charge is -2.29. The number of carbonyl (C=O) groups is 2. The number of amides is 1. The summed E-state index contributed by atoms with van der Waals surface area (Å²) >= 11 is 1.62. The lowest BCUT2D eigenvalue weighted by molar-refractivity contribution is -0.142. The van der Waals surface area contributed by atoms with Gasteiger partial charge in [-0.2, -0.15) is 11.8 Å². The third-order valence-electron chi connectivity index (χ3n) is 7.44. The molecule has 0 spiro atoms. The first-order valence-corrected chi connectivity index (χ1v) is 13.4. The maximum atomic E-state index is 13.2. The SMILES string of the molecule is CSCCC1C(=O)/C(=C(/O)CC2CC3CCC2C3)C(O)N1C(=O)CC(C)CC(C)(C)C. The van der Waals surface area contributed by atoms with E-state index >= 15 is 0 Å². The van der Waals surface area contributed by atoms with E-state index < -0.39 is 12.3 Å². The van der Waals surface area contributed by atoms with Crippen LogP contribution in [0.4, 0.5) is 0 Å². The van der Waals surface area contributed by atoms with Crippen molar-refractivity contribution in [1.29, 1.82) is 0 Å². The van der Waals surface area contributed by atoms with Crippen LogP contribution in [0.3, 0.4) is 0 Å². The van der Waals surface area contributed by atoms with Crippen LogP contribution < -0.4 is 0 Å². The van der Waals surface area contributed by atoms with Crippen molar-refractivity contribution in [2.24, 2.45) is 29.1 Å². The van der Waals surface area contributed by atoms with E-state index in [4.69, 9.17) is 0 Å². The van der Waals surface area contributed by atoms with Crippen LogP contribution in [0, 0.1) is 29.1 Å². The van der Waals surface area contributed by atoms with E-state index in [1.807, 2.05) is 13.2 Å². The van der Waals surface area contributed by atoms with Gasteiger partial charge in [0.15, 0.2) is 12.0 Å².